The van der Waals surface area contributed by atoms with Crippen LogP contribution in [0, 0.1) is 11.3 Å². The topological polar surface area (TPSA) is 96.1 Å². The Kier molecular flexibility index (Phi) is 5.72. The number of nitrogens with zero attached hydrogens (tertiary/aromatic N) is 4. The van der Waals surface area contributed by atoms with Gasteiger partial charge < -0.3 is 4.90 Å². The molecular formula is C15H14Cl2N4O3S. The second-order valence-electron chi connectivity index (χ2n) is 4.97. The molecule has 0 saturated carbocycles. The van der Waals surface area contributed by atoms with E-state index in [-0.39, 0.29) is 20.5 Å². The van der Waals surface area contributed by atoms with Gasteiger partial charge in [0.2, 0.25) is 9.84 Å². The molecule has 132 valence electrons. The Morgan fingerprint density at radius 3 is 2.28 bits per heavy atom. The molecule has 25 heavy (non-hydrogen) atoms. The van der Waals surface area contributed by atoms with Gasteiger partial charge in [0, 0.05) is 23.1 Å². The molecule has 0 unspecified atom stereocenters. The van der Waals surface area contributed by atoms with Crippen molar-refractivity contribution in [2.45, 2.75) is 23.8 Å². The molecule has 1 heterocycles. The molecule has 2 aromatic rings. The van der Waals surface area contributed by atoms with Crippen LogP contribution < -0.4 is 0 Å². The van der Waals surface area contributed by atoms with Crippen molar-refractivity contribution < 1.29 is 13.2 Å². The van der Waals surface area contributed by atoms with Crippen LogP contribution in [0.5, 0.6) is 0 Å². The van der Waals surface area contributed by atoms with Crippen LogP contribution in [0.15, 0.2) is 34.3 Å². The maximum atomic E-state index is 12.8. The van der Waals surface area contributed by atoms with Crippen LogP contribution in [0.3, 0.4) is 0 Å². The first kappa shape index (κ1) is 19.2. The highest BCUT2D eigenvalue weighted by atomic mass is 35.5. The van der Waals surface area contributed by atoms with Gasteiger partial charge in [-0.2, -0.15) is 15.0 Å². The van der Waals surface area contributed by atoms with Crippen molar-refractivity contribution >= 4 is 39.1 Å². The van der Waals surface area contributed by atoms with E-state index in [1.165, 1.54) is 23.1 Å². The summed E-state index contributed by atoms with van der Waals surface area (Å²) in [6.07, 6.45) is 1.10. The number of rotatable bonds is 4. The summed E-state index contributed by atoms with van der Waals surface area (Å²) in [6.45, 7) is 4.40. The molecule has 1 aromatic carbocycles. The van der Waals surface area contributed by atoms with E-state index in [0.717, 1.165) is 10.9 Å². The normalized spacial score (nSPS) is 11.2. The van der Waals surface area contributed by atoms with Crippen molar-refractivity contribution in [1.29, 1.82) is 5.26 Å². The quantitative estimate of drug-likeness (QED) is 0.784. The van der Waals surface area contributed by atoms with E-state index in [4.69, 9.17) is 23.2 Å². The average molecular weight is 401 g/mol. The predicted octanol–water partition coefficient (Wildman–Crippen LogP) is 3.20. The number of carbonyl (C=O) groups is 1. The number of halogens is 2. The van der Waals surface area contributed by atoms with E-state index in [0.29, 0.717) is 13.1 Å². The summed E-state index contributed by atoms with van der Waals surface area (Å²) in [5.41, 5.74) is -0.239. The second-order valence-corrected chi connectivity index (χ2v) is 7.71. The molecule has 0 atom stereocenters. The SMILES string of the molecule is CCN(CC)C(=O)n1cc(C#N)c(S(=O)(=O)c2cc(Cl)cc(Cl)c2)n1. The molecule has 0 fully saturated rings. The minimum atomic E-state index is -4.17. The van der Waals surface area contributed by atoms with E-state index < -0.39 is 20.9 Å². The van der Waals surface area contributed by atoms with Crippen LogP contribution in [0.25, 0.3) is 0 Å². The number of nitriles is 1. The van der Waals surface area contributed by atoms with Crippen LogP contribution in [-0.2, 0) is 9.84 Å². The molecule has 0 radical (unpaired) electrons. The lowest BCUT2D eigenvalue weighted by molar-refractivity contribution is 0.201. The first-order chi connectivity index (χ1) is 11.7. The minimum Gasteiger partial charge on any atom is -0.323 e. The molecule has 10 heteroatoms. The van der Waals surface area contributed by atoms with Crippen molar-refractivity contribution in [3.8, 4) is 6.07 Å². The number of hydrogen-bond acceptors (Lipinski definition) is 5. The van der Waals surface area contributed by atoms with Crippen LogP contribution in [0.1, 0.15) is 19.4 Å². The summed E-state index contributed by atoms with van der Waals surface area (Å²) in [6, 6.07) is 5.02. The van der Waals surface area contributed by atoms with Crippen LogP contribution in [0.4, 0.5) is 4.79 Å². The Hall–Kier alpha value is -2.08. The molecule has 0 aliphatic carbocycles. The van der Waals surface area contributed by atoms with E-state index in [9.17, 15) is 18.5 Å². The fraction of sp³-hybridized carbons (Fsp3) is 0.267. The van der Waals surface area contributed by atoms with Crippen molar-refractivity contribution in [3.63, 3.8) is 0 Å². The fourth-order valence-electron chi connectivity index (χ4n) is 2.17. The maximum absolute atomic E-state index is 12.8. The highest BCUT2D eigenvalue weighted by Gasteiger charge is 2.28. The second kappa shape index (κ2) is 7.44. The number of aromatic nitrogens is 2. The first-order valence-corrected chi connectivity index (χ1v) is 9.48. The summed E-state index contributed by atoms with van der Waals surface area (Å²) in [4.78, 5) is 13.6. The molecule has 0 spiro atoms. The third kappa shape index (κ3) is 3.79. The summed E-state index contributed by atoms with van der Waals surface area (Å²) < 4.78 is 26.4. The Bertz CT molecular complexity index is 939. The van der Waals surface area contributed by atoms with Gasteiger partial charge >= 0.3 is 6.03 Å². The Balaban J connectivity index is 2.59. The highest BCUT2D eigenvalue weighted by molar-refractivity contribution is 7.91. The largest absolute Gasteiger partial charge is 0.344 e. The van der Waals surface area contributed by atoms with Gasteiger partial charge in [0.1, 0.15) is 11.6 Å². The van der Waals surface area contributed by atoms with Crippen LogP contribution >= 0.6 is 23.2 Å². The Morgan fingerprint density at radius 1 is 1.24 bits per heavy atom. The van der Waals surface area contributed by atoms with Gasteiger partial charge in [0.15, 0.2) is 5.03 Å². The zero-order valence-electron chi connectivity index (χ0n) is 13.4. The smallest absolute Gasteiger partial charge is 0.323 e. The monoisotopic (exact) mass is 400 g/mol. The van der Waals surface area contributed by atoms with Crippen molar-refractivity contribution in [3.05, 3.63) is 40.0 Å². The molecule has 0 bridgehead atoms. The number of carbonyl (C=O) groups excluding carboxylic acids is 1. The molecule has 0 N–H and O–H groups in total. The first-order valence-electron chi connectivity index (χ1n) is 7.24. The van der Waals surface area contributed by atoms with E-state index in [2.05, 4.69) is 5.10 Å². The summed E-state index contributed by atoms with van der Waals surface area (Å²) in [7, 11) is -4.17. The van der Waals surface area contributed by atoms with E-state index in [1.807, 2.05) is 0 Å². The standard InChI is InChI=1S/C15H14Cl2N4O3S/c1-3-20(4-2)15(22)21-9-10(8-18)14(19-21)25(23,24)13-6-11(16)5-12(17)7-13/h5-7,9H,3-4H2,1-2H3. The fourth-order valence-corrected chi connectivity index (χ4v) is 4.19. The highest BCUT2D eigenvalue weighted by Crippen LogP contribution is 2.28. The van der Waals surface area contributed by atoms with Gasteiger partial charge in [-0.25, -0.2) is 13.2 Å². The number of amides is 1. The molecular weight excluding hydrogens is 387 g/mol. The van der Waals surface area contributed by atoms with Crippen molar-refractivity contribution in [2.24, 2.45) is 0 Å². The van der Waals surface area contributed by atoms with Crippen molar-refractivity contribution in [2.75, 3.05) is 13.1 Å². The third-order valence-corrected chi connectivity index (χ3v) is 5.54. The van der Waals surface area contributed by atoms with Crippen LogP contribution in [0.2, 0.25) is 10.0 Å². The van der Waals surface area contributed by atoms with Crippen LogP contribution in [-0.4, -0.2) is 42.2 Å². The average Bonchev–Trinajstić information content (AvgIpc) is 3.00. The molecule has 1 amide bonds. The maximum Gasteiger partial charge on any atom is 0.344 e. The summed E-state index contributed by atoms with van der Waals surface area (Å²) in [5.74, 6) is 0. The van der Waals surface area contributed by atoms with Crippen molar-refractivity contribution in [1.82, 2.24) is 14.7 Å². The van der Waals surface area contributed by atoms with E-state index >= 15 is 0 Å². The van der Waals surface area contributed by atoms with Gasteiger partial charge in [0.25, 0.3) is 0 Å². The predicted molar refractivity (Wildman–Crippen MR) is 92.6 cm³/mol. The summed E-state index contributed by atoms with van der Waals surface area (Å²) in [5, 5.41) is 12.8. The third-order valence-electron chi connectivity index (χ3n) is 3.43. The number of benzene rings is 1. The van der Waals surface area contributed by atoms with Gasteiger partial charge in [0.05, 0.1) is 11.1 Å². The molecule has 0 saturated heterocycles. The Labute approximate surface area is 155 Å². The molecule has 7 nitrogen and oxygen atoms in total. The number of hydrogen-bond donors (Lipinski definition) is 0. The van der Waals surface area contributed by atoms with Gasteiger partial charge in [-0.3, -0.25) is 0 Å². The van der Waals surface area contributed by atoms with E-state index in [1.54, 1.807) is 19.9 Å². The van der Waals surface area contributed by atoms with Gasteiger partial charge in [-0.15, -0.1) is 0 Å². The Morgan fingerprint density at radius 2 is 1.80 bits per heavy atom. The lowest BCUT2D eigenvalue weighted by Gasteiger charge is -2.17. The lowest BCUT2D eigenvalue weighted by Crippen LogP contribution is -2.34. The summed E-state index contributed by atoms with van der Waals surface area (Å²) >= 11 is 11.7. The van der Waals surface area contributed by atoms with Gasteiger partial charge in [-0.05, 0) is 32.0 Å². The lowest BCUT2D eigenvalue weighted by atomic mass is 10.4. The zero-order chi connectivity index (χ0) is 18.8. The van der Waals surface area contributed by atoms with Gasteiger partial charge in [-0.1, -0.05) is 23.2 Å². The minimum absolute atomic E-state index is 0.128. The molecule has 1 aromatic heterocycles. The number of sulfone groups is 1. The molecule has 0 aliphatic heterocycles. The molecule has 2 rings (SSSR count). The zero-order valence-corrected chi connectivity index (χ0v) is 15.7. The molecule has 0 aliphatic rings.